The lowest BCUT2D eigenvalue weighted by Crippen LogP contribution is -2.30. The molecule has 0 heterocycles. The van der Waals surface area contributed by atoms with Gasteiger partial charge in [0.15, 0.2) is 0 Å². The van der Waals surface area contributed by atoms with Crippen LogP contribution in [0.2, 0.25) is 0 Å². The van der Waals surface area contributed by atoms with Crippen molar-refractivity contribution < 1.29 is 19.1 Å². The van der Waals surface area contributed by atoms with E-state index in [1.54, 1.807) is 12.1 Å². The zero-order valence-electron chi connectivity index (χ0n) is 10.1. The Labute approximate surface area is 105 Å². The lowest BCUT2D eigenvalue weighted by atomic mass is 10.2. The SMILES string of the molecule is C=CC(=O)OCCNC(=O)Oc1ccccc1C. The van der Waals surface area contributed by atoms with Crippen molar-refractivity contribution in [2.45, 2.75) is 6.92 Å². The van der Waals surface area contributed by atoms with Crippen LogP contribution in [0.15, 0.2) is 36.9 Å². The highest BCUT2D eigenvalue weighted by Gasteiger charge is 2.05. The number of para-hydroxylation sites is 1. The van der Waals surface area contributed by atoms with Crippen LogP contribution in [0.1, 0.15) is 5.56 Å². The summed E-state index contributed by atoms with van der Waals surface area (Å²) in [6, 6.07) is 7.18. The van der Waals surface area contributed by atoms with Crippen molar-refractivity contribution in [3.8, 4) is 5.75 Å². The predicted molar refractivity (Wildman–Crippen MR) is 66.4 cm³/mol. The Bertz CT molecular complexity index is 442. The van der Waals surface area contributed by atoms with Crippen LogP contribution < -0.4 is 10.1 Å². The maximum absolute atomic E-state index is 11.4. The van der Waals surface area contributed by atoms with Crippen LogP contribution in [0.25, 0.3) is 0 Å². The number of esters is 1. The summed E-state index contributed by atoms with van der Waals surface area (Å²) < 4.78 is 9.76. The number of aryl methyl sites for hydroxylation is 1. The van der Waals surface area contributed by atoms with Crippen molar-refractivity contribution in [2.24, 2.45) is 0 Å². The number of rotatable bonds is 5. The Balaban J connectivity index is 2.28. The molecule has 1 N–H and O–H groups in total. The first-order chi connectivity index (χ1) is 8.63. The number of nitrogens with one attached hydrogen (secondary N) is 1. The Morgan fingerprint density at radius 2 is 2.11 bits per heavy atom. The minimum absolute atomic E-state index is 0.0771. The minimum Gasteiger partial charge on any atom is -0.461 e. The molecule has 1 rings (SSSR count). The molecule has 0 atom stereocenters. The average Bonchev–Trinajstić information content (AvgIpc) is 2.37. The van der Waals surface area contributed by atoms with Crippen LogP contribution in [0, 0.1) is 6.92 Å². The molecule has 0 aromatic heterocycles. The van der Waals surface area contributed by atoms with E-state index in [4.69, 9.17) is 4.74 Å². The summed E-state index contributed by atoms with van der Waals surface area (Å²) in [6.07, 6.45) is 0.477. The second kappa shape index (κ2) is 7.11. The topological polar surface area (TPSA) is 64.6 Å². The van der Waals surface area contributed by atoms with Gasteiger partial charge in [0.05, 0.1) is 6.54 Å². The average molecular weight is 249 g/mol. The van der Waals surface area contributed by atoms with E-state index in [2.05, 4.69) is 16.6 Å². The van der Waals surface area contributed by atoms with E-state index in [1.807, 2.05) is 19.1 Å². The first-order valence-electron chi connectivity index (χ1n) is 5.44. The fraction of sp³-hybridized carbons (Fsp3) is 0.231. The van der Waals surface area contributed by atoms with Gasteiger partial charge in [0, 0.05) is 6.08 Å². The van der Waals surface area contributed by atoms with Crippen LogP contribution in [0.3, 0.4) is 0 Å². The van der Waals surface area contributed by atoms with Crippen LogP contribution in [0.4, 0.5) is 4.79 Å². The third-order valence-corrected chi connectivity index (χ3v) is 2.08. The number of carbonyl (C=O) groups is 2. The maximum Gasteiger partial charge on any atom is 0.412 e. The number of ether oxygens (including phenoxy) is 2. The quantitative estimate of drug-likeness (QED) is 0.491. The van der Waals surface area contributed by atoms with E-state index in [1.165, 1.54) is 0 Å². The number of carbonyl (C=O) groups excluding carboxylic acids is 2. The zero-order chi connectivity index (χ0) is 13.4. The van der Waals surface area contributed by atoms with Crippen LogP contribution >= 0.6 is 0 Å². The first-order valence-corrected chi connectivity index (χ1v) is 5.44. The lowest BCUT2D eigenvalue weighted by Gasteiger charge is -2.08. The van der Waals surface area contributed by atoms with E-state index in [0.717, 1.165) is 11.6 Å². The molecule has 1 amide bonds. The van der Waals surface area contributed by atoms with Gasteiger partial charge in [-0.2, -0.15) is 0 Å². The molecule has 0 aliphatic carbocycles. The Morgan fingerprint density at radius 1 is 1.39 bits per heavy atom. The molecule has 5 nitrogen and oxygen atoms in total. The minimum atomic E-state index is -0.584. The van der Waals surface area contributed by atoms with Crippen molar-refractivity contribution in [2.75, 3.05) is 13.2 Å². The Morgan fingerprint density at radius 3 is 2.78 bits per heavy atom. The Kier molecular flexibility index (Phi) is 5.44. The second-order valence-corrected chi connectivity index (χ2v) is 3.45. The van der Waals surface area contributed by atoms with E-state index in [9.17, 15) is 9.59 Å². The van der Waals surface area contributed by atoms with Crippen molar-refractivity contribution in [3.63, 3.8) is 0 Å². The number of benzene rings is 1. The molecule has 0 bridgehead atoms. The number of hydrogen-bond donors (Lipinski definition) is 1. The molecule has 0 unspecified atom stereocenters. The molecule has 1 aromatic carbocycles. The number of amides is 1. The molecule has 1 aromatic rings. The van der Waals surface area contributed by atoms with Gasteiger partial charge in [-0.25, -0.2) is 9.59 Å². The molecule has 0 radical (unpaired) electrons. The second-order valence-electron chi connectivity index (χ2n) is 3.45. The van der Waals surface area contributed by atoms with Gasteiger partial charge in [-0.05, 0) is 18.6 Å². The van der Waals surface area contributed by atoms with Gasteiger partial charge in [0.2, 0.25) is 0 Å². The largest absolute Gasteiger partial charge is 0.461 e. The molecule has 0 aliphatic heterocycles. The molecular weight excluding hydrogens is 234 g/mol. The van der Waals surface area contributed by atoms with Gasteiger partial charge >= 0.3 is 12.1 Å². The summed E-state index contributed by atoms with van der Waals surface area (Å²) in [7, 11) is 0. The van der Waals surface area contributed by atoms with Crippen molar-refractivity contribution in [1.82, 2.24) is 5.32 Å². The summed E-state index contributed by atoms with van der Waals surface area (Å²) in [5.41, 5.74) is 0.866. The van der Waals surface area contributed by atoms with E-state index in [0.29, 0.717) is 5.75 Å². The third kappa shape index (κ3) is 4.69. The van der Waals surface area contributed by atoms with Gasteiger partial charge in [0.1, 0.15) is 12.4 Å². The van der Waals surface area contributed by atoms with Crippen molar-refractivity contribution in [1.29, 1.82) is 0 Å². The standard InChI is InChI=1S/C13H15NO4/c1-3-12(15)17-9-8-14-13(16)18-11-7-5-4-6-10(11)2/h3-7H,1,8-9H2,2H3,(H,14,16). The molecule has 0 saturated heterocycles. The van der Waals surface area contributed by atoms with Crippen molar-refractivity contribution >= 4 is 12.1 Å². The molecule has 18 heavy (non-hydrogen) atoms. The molecule has 96 valence electrons. The zero-order valence-corrected chi connectivity index (χ0v) is 10.1. The van der Waals surface area contributed by atoms with Gasteiger partial charge in [0.25, 0.3) is 0 Å². The normalized spacial score (nSPS) is 9.39. The van der Waals surface area contributed by atoms with Crippen LogP contribution in [0.5, 0.6) is 5.75 Å². The fourth-order valence-electron chi connectivity index (χ4n) is 1.17. The Hall–Kier alpha value is -2.30. The van der Waals surface area contributed by atoms with Crippen LogP contribution in [-0.2, 0) is 9.53 Å². The van der Waals surface area contributed by atoms with Gasteiger partial charge in [-0.3, -0.25) is 0 Å². The highest BCUT2D eigenvalue weighted by atomic mass is 16.6. The van der Waals surface area contributed by atoms with Crippen LogP contribution in [-0.4, -0.2) is 25.2 Å². The van der Waals surface area contributed by atoms with Gasteiger partial charge in [-0.1, -0.05) is 24.8 Å². The monoisotopic (exact) mass is 249 g/mol. The predicted octanol–water partition coefficient (Wildman–Crippen LogP) is 1.81. The van der Waals surface area contributed by atoms with Crippen molar-refractivity contribution in [3.05, 3.63) is 42.5 Å². The molecule has 0 saturated carbocycles. The highest BCUT2D eigenvalue weighted by molar-refractivity contribution is 5.81. The summed E-state index contributed by atoms with van der Waals surface area (Å²) in [6.45, 7) is 5.36. The molecule has 0 spiro atoms. The van der Waals surface area contributed by atoms with E-state index >= 15 is 0 Å². The summed E-state index contributed by atoms with van der Waals surface area (Å²) in [5, 5.41) is 2.47. The summed E-state index contributed by atoms with van der Waals surface area (Å²) in [5.74, 6) is -0.0258. The highest BCUT2D eigenvalue weighted by Crippen LogP contribution is 2.15. The molecule has 0 aliphatic rings. The molecule has 5 heteroatoms. The molecular formula is C13H15NO4. The molecule has 0 fully saturated rings. The summed E-state index contributed by atoms with van der Waals surface area (Å²) >= 11 is 0. The fourth-order valence-corrected chi connectivity index (χ4v) is 1.17. The summed E-state index contributed by atoms with van der Waals surface area (Å²) in [4.78, 5) is 22.1. The number of hydrogen-bond acceptors (Lipinski definition) is 4. The third-order valence-electron chi connectivity index (χ3n) is 2.08. The lowest BCUT2D eigenvalue weighted by molar-refractivity contribution is -0.137. The first kappa shape index (κ1) is 13.8. The van der Waals surface area contributed by atoms with Gasteiger partial charge in [-0.15, -0.1) is 0 Å². The van der Waals surface area contributed by atoms with E-state index < -0.39 is 12.1 Å². The maximum atomic E-state index is 11.4. The smallest absolute Gasteiger partial charge is 0.412 e. The van der Waals surface area contributed by atoms with E-state index in [-0.39, 0.29) is 13.2 Å². The van der Waals surface area contributed by atoms with Gasteiger partial charge < -0.3 is 14.8 Å².